The van der Waals surface area contributed by atoms with Crippen molar-refractivity contribution in [3.05, 3.63) is 111 Å². The molecule has 1 aliphatic heterocycles. The number of piperazine rings is 1. The minimum absolute atomic E-state index is 0.00548. The number of aryl methyl sites for hydroxylation is 1. The van der Waals surface area contributed by atoms with Gasteiger partial charge < -0.3 is 19.5 Å². The van der Waals surface area contributed by atoms with Crippen LogP contribution in [-0.4, -0.2) is 52.9 Å². The predicted molar refractivity (Wildman–Crippen MR) is 165 cm³/mol. The summed E-state index contributed by atoms with van der Waals surface area (Å²) in [5.74, 6) is -0.242. The zero-order chi connectivity index (χ0) is 29.8. The highest BCUT2D eigenvalue weighted by molar-refractivity contribution is 7.80. The fourth-order valence-corrected chi connectivity index (χ4v) is 5.20. The van der Waals surface area contributed by atoms with E-state index in [0.717, 1.165) is 16.8 Å². The van der Waals surface area contributed by atoms with E-state index in [1.54, 1.807) is 30.3 Å². The van der Waals surface area contributed by atoms with E-state index in [2.05, 4.69) is 15.5 Å². The summed E-state index contributed by atoms with van der Waals surface area (Å²) < 4.78 is 5.60. The normalized spacial score (nSPS) is 13.0. The smallest absolute Gasteiger partial charge is 0.293 e. The van der Waals surface area contributed by atoms with Crippen LogP contribution in [-0.2, 0) is 0 Å². The van der Waals surface area contributed by atoms with Crippen molar-refractivity contribution in [2.45, 2.75) is 6.92 Å². The molecule has 2 N–H and O–H groups in total. The van der Waals surface area contributed by atoms with Crippen LogP contribution < -0.4 is 15.5 Å². The lowest BCUT2D eigenvalue weighted by atomic mass is 10.1. The van der Waals surface area contributed by atoms with Gasteiger partial charge in [0.15, 0.2) is 10.9 Å². The summed E-state index contributed by atoms with van der Waals surface area (Å²) in [6.45, 7) is 4.37. The molecule has 5 rings (SSSR count). The van der Waals surface area contributed by atoms with E-state index in [9.17, 15) is 19.7 Å². The molecular weight excluding hydrogens is 578 g/mol. The molecule has 42 heavy (non-hydrogen) atoms. The number of nitro benzene ring substituents is 1. The Balaban J connectivity index is 1.16. The third-order valence-electron chi connectivity index (χ3n) is 6.89. The van der Waals surface area contributed by atoms with Gasteiger partial charge in [0.25, 0.3) is 17.5 Å². The summed E-state index contributed by atoms with van der Waals surface area (Å²) in [5.41, 5.74) is 3.49. The summed E-state index contributed by atoms with van der Waals surface area (Å²) in [5, 5.41) is 17.1. The second kappa shape index (κ2) is 12.4. The lowest BCUT2D eigenvalue weighted by Crippen LogP contribution is -2.49. The Labute approximate surface area is 252 Å². The van der Waals surface area contributed by atoms with E-state index in [1.165, 1.54) is 18.2 Å². The number of furan rings is 1. The number of carbonyl (C=O) groups is 2. The highest BCUT2D eigenvalue weighted by Gasteiger charge is 2.24. The highest BCUT2D eigenvalue weighted by Crippen LogP contribution is 2.30. The molecule has 0 aliphatic carbocycles. The molecule has 10 nitrogen and oxygen atoms in total. The third kappa shape index (κ3) is 6.42. The number of hydrogen-bond donors (Lipinski definition) is 2. The Morgan fingerprint density at radius 2 is 1.74 bits per heavy atom. The first-order valence-corrected chi connectivity index (χ1v) is 13.8. The molecule has 0 spiro atoms. The van der Waals surface area contributed by atoms with Crippen LogP contribution in [0.25, 0.3) is 11.3 Å². The largest absolute Gasteiger partial charge is 0.451 e. The van der Waals surface area contributed by atoms with Gasteiger partial charge in [0, 0.05) is 55.1 Å². The number of nitrogens with one attached hydrogen (secondary N) is 2. The summed E-state index contributed by atoms with van der Waals surface area (Å²) >= 11 is 11.9. The molecule has 214 valence electrons. The molecule has 1 saturated heterocycles. The van der Waals surface area contributed by atoms with E-state index < -0.39 is 10.8 Å². The standard InChI is InChI=1S/C30H26ClN5O5S/c1-19-5-2-3-8-23(19)29(38)35-15-13-34(14-16-35)25-10-9-21(18-24(25)31)32-30(42)33-28(37)27-12-11-26(41-27)20-6-4-7-22(17-20)36(39)40/h2-12,17-18H,13-16H2,1H3,(H2,32,33,37,42). The van der Waals surface area contributed by atoms with Crippen LogP contribution in [0.2, 0.25) is 5.02 Å². The van der Waals surface area contributed by atoms with Gasteiger partial charge in [-0.3, -0.25) is 25.0 Å². The lowest BCUT2D eigenvalue weighted by Gasteiger charge is -2.36. The Morgan fingerprint density at radius 3 is 2.45 bits per heavy atom. The zero-order valence-corrected chi connectivity index (χ0v) is 24.1. The van der Waals surface area contributed by atoms with Crippen LogP contribution in [0.1, 0.15) is 26.5 Å². The van der Waals surface area contributed by atoms with Gasteiger partial charge in [-0.1, -0.05) is 41.9 Å². The second-order valence-electron chi connectivity index (χ2n) is 9.64. The molecule has 0 unspecified atom stereocenters. The summed E-state index contributed by atoms with van der Waals surface area (Å²) in [4.78, 5) is 40.2. The molecular formula is C30H26ClN5O5S. The molecule has 0 saturated carbocycles. The number of thiocarbonyl (C=S) groups is 1. The Bertz CT molecular complexity index is 1680. The van der Waals surface area contributed by atoms with Crippen molar-refractivity contribution in [3.8, 4) is 11.3 Å². The van der Waals surface area contributed by atoms with Gasteiger partial charge >= 0.3 is 0 Å². The number of rotatable bonds is 6. The predicted octanol–water partition coefficient (Wildman–Crippen LogP) is 5.91. The SMILES string of the molecule is Cc1ccccc1C(=O)N1CCN(c2ccc(NC(=S)NC(=O)c3ccc(-c4cccc([N+](=O)[O-])c4)o3)cc2Cl)CC1. The van der Waals surface area contributed by atoms with Crippen LogP contribution in [0.5, 0.6) is 0 Å². The summed E-state index contributed by atoms with van der Waals surface area (Å²) in [6, 6.07) is 21.9. The Kier molecular flexibility index (Phi) is 8.51. The summed E-state index contributed by atoms with van der Waals surface area (Å²) in [7, 11) is 0. The van der Waals surface area contributed by atoms with E-state index in [4.69, 9.17) is 28.2 Å². The third-order valence-corrected chi connectivity index (χ3v) is 7.39. The maximum Gasteiger partial charge on any atom is 0.293 e. The van der Waals surface area contributed by atoms with Crippen LogP contribution in [0, 0.1) is 17.0 Å². The van der Waals surface area contributed by atoms with Gasteiger partial charge in [0.1, 0.15) is 5.76 Å². The van der Waals surface area contributed by atoms with Crippen molar-refractivity contribution in [1.82, 2.24) is 10.2 Å². The molecule has 2 amide bonds. The zero-order valence-electron chi connectivity index (χ0n) is 22.5. The number of hydrogen-bond acceptors (Lipinski definition) is 7. The van der Waals surface area contributed by atoms with Crippen LogP contribution >= 0.6 is 23.8 Å². The van der Waals surface area contributed by atoms with Crippen LogP contribution in [0.3, 0.4) is 0 Å². The number of non-ortho nitro benzene ring substituents is 1. The molecule has 1 aromatic heterocycles. The monoisotopic (exact) mass is 603 g/mol. The quantitative estimate of drug-likeness (QED) is 0.159. The minimum Gasteiger partial charge on any atom is -0.451 e. The molecule has 1 fully saturated rings. The number of benzene rings is 3. The van der Waals surface area contributed by atoms with Gasteiger partial charge in [-0.25, -0.2) is 0 Å². The molecule has 3 aromatic carbocycles. The molecule has 12 heteroatoms. The van der Waals surface area contributed by atoms with Gasteiger partial charge in [-0.15, -0.1) is 0 Å². The van der Waals surface area contributed by atoms with Crippen molar-refractivity contribution in [1.29, 1.82) is 0 Å². The van der Waals surface area contributed by atoms with Crippen molar-refractivity contribution in [2.75, 3.05) is 36.4 Å². The molecule has 1 aliphatic rings. The number of anilines is 2. The first-order valence-electron chi connectivity index (χ1n) is 13.1. The van der Waals surface area contributed by atoms with Crippen molar-refractivity contribution >= 4 is 57.8 Å². The Hall–Kier alpha value is -4.74. The van der Waals surface area contributed by atoms with Gasteiger partial charge in [-0.05, 0) is 61.1 Å². The topological polar surface area (TPSA) is 121 Å². The van der Waals surface area contributed by atoms with Crippen LogP contribution in [0.4, 0.5) is 17.1 Å². The highest BCUT2D eigenvalue weighted by atomic mass is 35.5. The van der Waals surface area contributed by atoms with Crippen molar-refractivity contribution in [3.63, 3.8) is 0 Å². The first kappa shape index (κ1) is 28.8. The second-order valence-corrected chi connectivity index (χ2v) is 10.5. The van der Waals surface area contributed by atoms with E-state index in [-0.39, 0.29) is 22.5 Å². The molecule has 0 atom stereocenters. The van der Waals surface area contributed by atoms with Crippen molar-refractivity contribution in [2.24, 2.45) is 0 Å². The number of nitrogens with zero attached hydrogens (tertiary/aromatic N) is 3. The average Bonchev–Trinajstić information content (AvgIpc) is 3.48. The van der Waals surface area contributed by atoms with E-state index in [0.29, 0.717) is 48.2 Å². The van der Waals surface area contributed by atoms with Gasteiger partial charge in [0.2, 0.25) is 0 Å². The van der Waals surface area contributed by atoms with Gasteiger partial charge in [0.05, 0.1) is 15.6 Å². The molecule has 2 heterocycles. The van der Waals surface area contributed by atoms with Crippen LogP contribution in [0.15, 0.2) is 83.3 Å². The lowest BCUT2D eigenvalue weighted by molar-refractivity contribution is -0.384. The minimum atomic E-state index is -0.579. The molecule has 0 radical (unpaired) electrons. The number of amides is 2. The molecule has 0 bridgehead atoms. The maximum absolute atomic E-state index is 12.9. The van der Waals surface area contributed by atoms with Crippen molar-refractivity contribution < 1.29 is 18.9 Å². The Morgan fingerprint density at radius 1 is 0.976 bits per heavy atom. The van der Waals surface area contributed by atoms with Gasteiger partial charge in [-0.2, -0.15) is 0 Å². The average molecular weight is 604 g/mol. The number of carbonyl (C=O) groups excluding carboxylic acids is 2. The first-order chi connectivity index (χ1) is 20.2. The summed E-state index contributed by atoms with van der Waals surface area (Å²) in [6.07, 6.45) is 0. The fourth-order valence-electron chi connectivity index (χ4n) is 4.69. The number of nitro groups is 1. The number of halogens is 1. The van der Waals surface area contributed by atoms with E-state index in [1.807, 2.05) is 42.2 Å². The maximum atomic E-state index is 12.9. The molecule has 4 aromatic rings. The van der Waals surface area contributed by atoms with E-state index >= 15 is 0 Å². The fraction of sp³-hybridized carbons (Fsp3) is 0.167.